The highest BCUT2D eigenvalue weighted by Gasteiger charge is 2.16. The summed E-state index contributed by atoms with van der Waals surface area (Å²) in [7, 11) is 0. The second-order valence-electron chi connectivity index (χ2n) is 8.69. The smallest absolute Gasteiger partial charge is 0.262 e. The summed E-state index contributed by atoms with van der Waals surface area (Å²) < 4.78 is 1.77. The van der Waals surface area contributed by atoms with Crippen molar-refractivity contribution in [3.8, 4) is 0 Å². The molecular weight excluding hydrogens is 416 g/mol. The first-order valence-electron chi connectivity index (χ1n) is 11.4. The number of fused-ring (bicyclic) bond motifs is 1. The van der Waals surface area contributed by atoms with Gasteiger partial charge in [-0.2, -0.15) is 0 Å². The molecule has 0 fully saturated rings. The van der Waals surface area contributed by atoms with Crippen LogP contribution in [0.3, 0.4) is 0 Å². The van der Waals surface area contributed by atoms with Crippen molar-refractivity contribution in [1.82, 2.24) is 9.55 Å². The number of aromatic nitrogens is 2. The molecule has 1 aliphatic carbocycles. The summed E-state index contributed by atoms with van der Waals surface area (Å²) in [5.41, 5.74) is 6.13. The van der Waals surface area contributed by atoms with Crippen LogP contribution in [0.15, 0.2) is 58.0 Å². The number of carbonyl (C=O) groups excluding carboxylic acids is 1. The number of aryl methyl sites for hydroxylation is 3. The predicted molar refractivity (Wildman–Crippen MR) is 133 cm³/mol. The van der Waals surface area contributed by atoms with Gasteiger partial charge in [0.25, 0.3) is 5.56 Å². The van der Waals surface area contributed by atoms with E-state index in [4.69, 9.17) is 4.98 Å². The molecule has 0 aliphatic heterocycles. The Labute approximate surface area is 193 Å². The minimum absolute atomic E-state index is 0.0238. The first kappa shape index (κ1) is 22.5. The van der Waals surface area contributed by atoms with Crippen molar-refractivity contribution >= 4 is 28.4 Å². The average molecular weight is 447 g/mol. The zero-order valence-corrected chi connectivity index (χ0v) is 19.9. The lowest BCUT2D eigenvalue weighted by molar-refractivity contribution is 0.102. The Morgan fingerprint density at radius 2 is 1.84 bits per heavy atom. The first-order valence-corrected chi connectivity index (χ1v) is 12.3. The number of carbonyl (C=O) groups is 1. The van der Waals surface area contributed by atoms with Crippen molar-refractivity contribution in [1.29, 1.82) is 0 Å². The minimum Gasteiger partial charge on any atom is -0.293 e. The van der Waals surface area contributed by atoms with E-state index in [1.807, 2.05) is 44.2 Å². The summed E-state index contributed by atoms with van der Waals surface area (Å²) in [4.78, 5) is 31.1. The van der Waals surface area contributed by atoms with Crippen molar-refractivity contribution in [2.45, 2.75) is 64.6 Å². The number of ketones is 1. The maximum absolute atomic E-state index is 13.3. The lowest BCUT2D eigenvalue weighted by Crippen LogP contribution is -2.24. The average Bonchev–Trinajstić information content (AvgIpc) is 2.80. The number of nitrogens with zero attached hydrogens (tertiary/aromatic N) is 2. The van der Waals surface area contributed by atoms with Crippen molar-refractivity contribution in [2.75, 3.05) is 5.75 Å². The second kappa shape index (κ2) is 9.86. The van der Waals surface area contributed by atoms with Crippen LogP contribution in [0.2, 0.25) is 0 Å². The molecule has 0 unspecified atom stereocenters. The standard InChI is InChI=1S/C27H30N2O2S/c1-18-15-20(3)23(16-19(18)2)25(30)17-32-27-28-24-12-8-7-11-22(24)26(31)29(27)14-13-21-9-5-4-6-10-21/h7-9,11-12,15-16H,4-6,10,13-14,17H2,1-3H3. The molecule has 0 amide bonds. The van der Waals surface area contributed by atoms with Gasteiger partial charge in [-0.3, -0.25) is 14.2 Å². The molecule has 166 valence electrons. The van der Waals surface area contributed by atoms with E-state index in [-0.39, 0.29) is 17.1 Å². The van der Waals surface area contributed by atoms with Crippen LogP contribution in [0, 0.1) is 20.8 Å². The molecule has 0 N–H and O–H groups in total. The van der Waals surface area contributed by atoms with E-state index in [1.165, 1.54) is 35.7 Å². The Morgan fingerprint density at radius 3 is 2.62 bits per heavy atom. The largest absolute Gasteiger partial charge is 0.293 e. The summed E-state index contributed by atoms with van der Waals surface area (Å²) in [6.07, 6.45) is 7.90. The number of hydrogen-bond donors (Lipinski definition) is 0. The van der Waals surface area contributed by atoms with Gasteiger partial charge in [0, 0.05) is 12.1 Å². The summed E-state index contributed by atoms with van der Waals surface area (Å²) >= 11 is 1.37. The lowest BCUT2D eigenvalue weighted by Gasteiger charge is -2.16. The van der Waals surface area contributed by atoms with E-state index in [0.717, 1.165) is 36.0 Å². The molecule has 1 aromatic heterocycles. The van der Waals surface area contributed by atoms with Crippen molar-refractivity contribution in [2.24, 2.45) is 0 Å². The molecule has 32 heavy (non-hydrogen) atoms. The molecule has 3 aromatic rings. The van der Waals surface area contributed by atoms with Crippen LogP contribution < -0.4 is 5.56 Å². The van der Waals surface area contributed by atoms with Gasteiger partial charge in [-0.1, -0.05) is 41.6 Å². The predicted octanol–water partition coefficient (Wildman–Crippen LogP) is 6.19. The van der Waals surface area contributed by atoms with Gasteiger partial charge in [-0.25, -0.2) is 4.98 Å². The molecule has 5 heteroatoms. The molecule has 2 aromatic carbocycles. The monoisotopic (exact) mass is 446 g/mol. The number of thioether (sulfide) groups is 1. The van der Waals surface area contributed by atoms with E-state index in [0.29, 0.717) is 22.6 Å². The van der Waals surface area contributed by atoms with E-state index < -0.39 is 0 Å². The fraction of sp³-hybridized carbons (Fsp3) is 0.370. The number of hydrogen-bond acceptors (Lipinski definition) is 4. The third kappa shape index (κ3) is 4.88. The van der Waals surface area contributed by atoms with Gasteiger partial charge in [0.15, 0.2) is 10.9 Å². The van der Waals surface area contributed by atoms with Crippen molar-refractivity contribution in [3.63, 3.8) is 0 Å². The fourth-order valence-electron chi connectivity index (χ4n) is 4.31. The van der Waals surface area contributed by atoms with Crippen LogP contribution in [0.4, 0.5) is 0 Å². The highest BCUT2D eigenvalue weighted by atomic mass is 32.2. The van der Waals surface area contributed by atoms with Gasteiger partial charge in [0.1, 0.15) is 0 Å². The Balaban J connectivity index is 1.61. The number of Topliss-reactive ketones (excluding diaryl/α,β-unsaturated/α-hetero) is 1. The highest BCUT2D eigenvalue weighted by molar-refractivity contribution is 7.99. The van der Waals surface area contributed by atoms with Gasteiger partial charge in [-0.15, -0.1) is 0 Å². The van der Waals surface area contributed by atoms with Crippen LogP contribution in [-0.2, 0) is 6.54 Å². The number of rotatable bonds is 7. The van der Waals surface area contributed by atoms with Gasteiger partial charge in [0.05, 0.1) is 16.7 Å². The molecule has 0 saturated carbocycles. The molecule has 0 atom stereocenters. The van der Waals surface area contributed by atoms with E-state index in [9.17, 15) is 9.59 Å². The van der Waals surface area contributed by atoms with Crippen LogP contribution in [0.5, 0.6) is 0 Å². The molecule has 1 aliphatic rings. The Hall–Kier alpha value is -2.66. The zero-order chi connectivity index (χ0) is 22.7. The third-order valence-corrected chi connectivity index (χ3v) is 7.32. The topological polar surface area (TPSA) is 52.0 Å². The highest BCUT2D eigenvalue weighted by Crippen LogP contribution is 2.24. The first-order chi connectivity index (χ1) is 15.4. The lowest BCUT2D eigenvalue weighted by atomic mass is 9.97. The minimum atomic E-state index is -0.0238. The van der Waals surface area contributed by atoms with Crippen LogP contribution in [-0.4, -0.2) is 21.1 Å². The third-order valence-electron chi connectivity index (χ3n) is 6.34. The molecule has 0 saturated heterocycles. The molecule has 1 heterocycles. The SMILES string of the molecule is Cc1cc(C)c(C(=O)CSc2nc3ccccc3c(=O)n2CCC2=CCCCC2)cc1C. The van der Waals surface area contributed by atoms with Gasteiger partial charge in [0.2, 0.25) is 0 Å². The summed E-state index contributed by atoms with van der Waals surface area (Å²) in [6, 6.07) is 11.5. The molecule has 4 rings (SSSR count). The molecule has 0 radical (unpaired) electrons. The van der Waals surface area contributed by atoms with Crippen molar-refractivity contribution in [3.05, 3.63) is 80.7 Å². The fourth-order valence-corrected chi connectivity index (χ4v) is 5.22. The zero-order valence-electron chi connectivity index (χ0n) is 19.1. The van der Waals surface area contributed by atoms with Crippen LogP contribution in [0.25, 0.3) is 10.9 Å². The molecule has 0 bridgehead atoms. The Morgan fingerprint density at radius 1 is 1.06 bits per heavy atom. The normalized spacial score (nSPS) is 13.9. The molecular formula is C27H30N2O2S. The van der Waals surface area contributed by atoms with Gasteiger partial charge >= 0.3 is 0 Å². The van der Waals surface area contributed by atoms with E-state index in [1.54, 1.807) is 4.57 Å². The Bertz CT molecular complexity index is 1260. The van der Waals surface area contributed by atoms with E-state index >= 15 is 0 Å². The van der Waals surface area contributed by atoms with Crippen LogP contribution in [0.1, 0.15) is 59.2 Å². The van der Waals surface area contributed by atoms with E-state index in [2.05, 4.69) is 19.1 Å². The van der Waals surface area contributed by atoms with Gasteiger partial charge < -0.3 is 0 Å². The maximum atomic E-state index is 13.3. The molecule has 4 nitrogen and oxygen atoms in total. The number of para-hydroxylation sites is 1. The Kier molecular flexibility index (Phi) is 6.95. The summed E-state index contributed by atoms with van der Waals surface area (Å²) in [5, 5.41) is 1.26. The quantitative estimate of drug-likeness (QED) is 0.188. The summed E-state index contributed by atoms with van der Waals surface area (Å²) in [6.45, 7) is 6.67. The van der Waals surface area contributed by atoms with Crippen molar-refractivity contribution < 1.29 is 4.79 Å². The number of benzene rings is 2. The molecule has 0 spiro atoms. The van der Waals surface area contributed by atoms with Crippen LogP contribution >= 0.6 is 11.8 Å². The summed E-state index contributed by atoms with van der Waals surface area (Å²) in [5.74, 6) is 0.330. The number of allylic oxidation sites excluding steroid dienone is 2. The van der Waals surface area contributed by atoms with Gasteiger partial charge in [-0.05, 0) is 87.8 Å². The second-order valence-corrected chi connectivity index (χ2v) is 9.63. The maximum Gasteiger partial charge on any atom is 0.262 e.